The molecule has 1 aromatic rings. The molecule has 3 amide bonds. The second kappa shape index (κ2) is 10.1. The molecule has 3 rings (SSSR count). The van der Waals surface area contributed by atoms with Crippen LogP contribution in [0.5, 0.6) is 0 Å². The number of hydrogen-bond donors (Lipinski definition) is 2. The van der Waals surface area contributed by atoms with E-state index in [1.165, 1.54) is 15.9 Å². The van der Waals surface area contributed by atoms with E-state index in [1.54, 1.807) is 20.8 Å². The Balaban J connectivity index is 1.80. The van der Waals surface area contributed by atoms with Crippen molar-refractivity contribution in [2.75, 3.05) is 25.0 Å². The van der Waals surface area contributed by atoms with E-state index < -0.39 is 47.3 Å². The number of halogens is 4. The molecule has 194 valence electrons. The van der Waals surface area contributed by atoms with Crippen LogP contribution in [0.1, 0.15) is 45.6 Å². The van der Waals surface area contributed by atoms with Crippen LogP contribution in [0.4, 0.5) is 23.7 Å². The Morgan fingerprint density at radius 3 is 2.43 bits per heavy atom. The summed E-state index contributed by atoms with van der Waals surface area (Å²) in [5, 5.41) is 2.75. The highest BCUT2D eigenvalue weighted by Crippen LogP contribution is 2.34. The molecule has 0 spiro atoms. The summed E-state index contributed by atoms with van der Waals surface area (Å²) in [4.78, 5) is 41.1. The summed E-state index contributed by atoms with van der Waals surface area (Å²) in [5.41, 5.74) is 4.04. The average Bonchev–Trinajstić information content (AvgIpc) is 2.72. The minimum absolute atomic E-state index is 0.0653. The number of likely N-dealkylation sites (tertiary alicyclic amines) is 2. The maximum Gasteiger partial charge on any atom is 0.416 e. The van der Waals surface area contributed by atoms with E-state index in [1.807, 2.05) is 0 Å². The summed E-state index contributed by atoms with van der Waals surface area (Å²) >= 11 is 5.87. The molecule has 2 aliphatic heterocycles. The number of piperidine rings is 2. The molecule has 3 N–H and O–H groups in total. The lowest BCUT2D eigenvalue weighted by molar-refractivity contribution is -0.142. The summed E-state index contributed by atoms with van der Waals surface area (Å²) in [6.07, 6.45) is -3.95. The van der Waals surface area contributed by atoms with Gasteiger partial charge in [-0.2, -0.15) is 13.2 Å². The minimum atomic E-state index is -4.59. The van der Waals surface area contributed by atoms with Gasteiger partial charge in [0.15, 0.2) is 0 Å². The van der Waals surface area contributed by atoms with Gasteiger partial charge in [-0.3, -0.25) is 9.59 Å². The monoisotopic (exact) mass is 518 g/mol. The molecule has 12 heteroatoms. The molecule has 0 saturated carbocycles. The fourth-order valence-corrected chi connectivity index (χ4v) is 4.71. The van der Waals surface area contributed by atoms with Gasteiger partial charge in [0.2, 0.25) is 11.8 Å². The fraction of sp³-hybridized carbons (Fsp3) is 0.609. The van der Waals surface area contributed by atoms with E-state index in [2.05, 4.69) is 5.32 Å². The minimum Gasteiger partial charge on any atom is -0.444 e. The molecular weight excluding hydrogens is 489 g/mol. The lowest BCUT2D eigenvalue weighted by Gasteiger charge is -2.45. The topological polar surface area (TPSA) is 105 Å². The molecule has 0 aliphatic carbocycles. The standard InChI is InChI=1S/C23H30ClF3N4O4/c1-22(2,3)35-21(34)30-8-6-16(19(28)32)18(12-30)31-7-4-5-17(20(31)33)29-15-10-13(23(25,26)27)9-14(24)11-15/h9-11,16-18,29H,4-8,12H2,1-3H3,(H2,28,32)/t16-,17?,18-/m0/s1. The maximum atomic E-state index is 13.4. The van der Waals surface area contributed by atoms with Crippen LogP contribution >= 0.6 is 11.6 Å². The first-order valence-corrected chi connectivity index (χ1v) is 11.8. The number of alkyl halides is 3. The molecule has 1 aromatic carbocycles. The predicted octanol–water partition coefficient (Wildman–Crippen LogP) is 3.87. The summed E-state index contributed by atoms with van der Waals surface area (Å²) in [6, 6.07) is 1.53. The van der Waals surface area contributed by atoms with Gasteiger partial charge in [-0.15, -0.1) is 0 Å². The Labute approximate surface area is 206 Å². The summed E-state index contributed by atoms with van der Waals surface area (Å²) in [5.74, 6) is -1.63. The third-order valence-corrected chi connectivity index (χ3v) is 6.26. The number of ether oxygens (including phenoxy) is 1. The number of carbonyl (C=O) groups is 3. The Morgan fingerprint density at radius 1 is 1.14 bits per heavy atom. The van der Waals surface area contributed by atoms with Gasteiger partial charge in [0.25, 0.3) is 0 Å². The Morgan fingerprint density at radius 2 is 1.83 bits per heavy atom. The van der Waals surface area contributed by atoms with E-state index in [0.29, 0.717) is 19.4 Å². The molecular formula is C23H30ClF3N4O4. The van der Waals surface area contributed by atoms with Crippen LogP contribution in [0.25, 0.3) is 0 Å². The number of nitrogens with two attached hydrogens (primary N) is 1. The molecule has 2 aliphatic rings. The van der Waals surface area contributed by atoms with E-state index in [-0.39, 0.29) is 36.1 Å². The molecule has 0 radical (unpaired) electrons. The van der Waals surface area contributed by atoms with Gasteiger partial charge in [-0.05, 0) is 58.2 Å². The number of primary amides is 1. The second-order valence-corrected chi connectivity index (χ2v) is 10.3. The third kappa shape index (κ3) is 6.71. The smallest absolute Gasteiger partial charge is 0.416 e. The number of carbonyl (C=O) groups excluding carboxylic acids is 3. The molecule has 2 fully saturated rings. The van der Waals surface area contributed by atoms with Crippen molar-refractivity contribution < 1.29 is 32.3 Å². The van der Waals surface area contributed by atoms with Gasteiger partial charge in [0.1, 0.15) is 11.6 Å². The van der Waals surface area contributed by atoms with E-state index >= 15 is 0 Å². The molecule has 2 saturated heterocycles. The zero-order chi connectivity index (χ0) is 26.1. The predicted molar refractivity (Wildman–Crippen MR) is 124 cm³/mol. The zero-order valence-electron chi connectivity index (χ0n) is 19.8. The highest BCUT2D eigenvalue weighted by atomic mass is 35.5. The average molecular weight is 519 g/mol. The first-order chi connectivity index (χ1) is 16.2. The van der Waals surface area contributed by atoms with Crippen molar-refractivity contribution >= 4 is 35.2 Å². The lowest BCUT2D eigenvalue weighted by Crippen LogP contribution is -2.62. The van der Waals surface area contributed by atoms with Crippen molar-refractivity contribution in [3.8, 4) is 0 Å². The van der Waals surface area contributed by atoms with Crippen LogP contribution < -0.4 is 11.1 Å². The molecule has 1 unspecified atom stereocenters. The lowest BCUT2D eigenvalue weighted by atomic mass is 9.88. The Hall–Kier alpha value is -2.69. The number of benzene rings is 1. The van der Waals surface area contributed by atoms with Gasteiger partial charge in [0.05, 0.1) is 17.5 Å². The number of amides is 3. The number of rotatable bonds is 4. The van der Waals surface area contributed by atoms with E-state index in [9.17, 15) is 27.6 Å². The van der Waals surface area contributed by atoms with Gasteiger partial charge < -0.3 is 25.6 Å². The van der Waals surface area contributed by atoms with Crippen LogP contribution in [-0.2, 0) is 20.5 Å². The first kappa shape index (κ1) is 26.9. The van der Waals surface area contributed by atoms with Gasteiger partial charge >= 0.3 is 12.3 Å². The molecule has 0 bridgehead atoms. The molecule has 2 heterocycles. The van der Waals surface area contributed by atoms with Crippen molar-refractivity contribution in [1.82, 2.24) is 9.80 Å². The van der Waals surface area contributed by atoms with Crippen molar-refractivity contribution in [3.05, 3.63) is 28.8 Å². The maximum absolute atomic E-state index is 13.4. The highest BCUT2D eigenvalue weighted by molar-refractivity contribution is 6.31. The van der Waals surface area contributed by atoms with Crippen molar-refractivity contribution in [2.45, 2.75) is 63.9 Å². The summed E-state index contributed by atoms with van der Waals surface area (Å²) < 4.78 is 45.0. The fourth-order valence-electron chi connectivity index (χ4n) is 4.47. The molecule has 3 atom stereocenters. The van der Waals surface area contributed by atoms with Crippen LogP contribution in [-0.4, -0.2) is 65.0 Å². The van der Waals surface area contributed by atoms with Gasteiger partial charge in [-0.25, -0.2) is 4.79 Å². The van der Waals surface area contributed by atoms with Crippen LogP contribution in [0.2, 0.25) is 5.02 Å². The quantitative estimate of drug-likeness (QED) is 0.629. The number of nitrogens with one attached hydrogen (secondary N) is 1. The van der Waals surface area contributed by atoms with Crippen LogP contribution in [0.15, 0.2) is 18.2 Å². The number of nitrogens with zero attached hydrogens (tertiary/aromatic N) is 2. The van der Waals surface area contributed by atoms with E-state index in [0.717, 1.165) is 12.1 Å². The Bertz CT molecular complexity index is 982. The van der Waals surface area contributed by atoms with Crippen molar-refractivity contribution in [1.29, 1.82) is 0 Å². The Kier molecular flexibility index (Phi) is 7.78. The molecule has 0 aromatic heterocycles. The van der Waals surface area contributed by atoms with Crippen LogP contribution in [0, 0.1) is 5.92 Å². The second-order valence-electron chi connectivity index (χ2n) is 9.89. The van der Waals surface area contributed by atoms with Gasteiger partial charge in [-0.1, -0.05) is 11.6 Å². The van der Waals surface area contributed by atoms with E-state index in [4.69, 9.17) is 22.1 Å². The summed E-state index contributed by atoms with van der Waals surface area (Å²) in [7, 11) is 0. The number of hydrogen-bond acceptors (Lipinski definition) is 5. The number of anilines is 1. The molecule has 35 heavy (non-hydrogen) atoms. The summed E-state index contributed by atoms with van der Waals surface area (Å²) in [6.45, 7) is 5.87. The SMILES string of the molecule is CC(C)(C)OC(=O)N1CC[C@H](C(N)=O)[C@@H](N2CCCC(Nc3cc(Cl)cc(C(F)(F)F)c3)C2=O)C1. The van der Waals surface area contributed by atoms with Crippen LogP contribution in [0.3, 0.4) is 0 Å². The largest absolute Gasteiger partial charge is 0.444 e. The first-order valence-electron chi connectivity index (χ1n) is 11.4. The zero-order valence-corrected chi connectivity index (χ0v) is 20.6. The van der Waals surface area contributed by atoms with Gasteiger partial charge in [0, 0.05) is 30.3 Å². The van der Waals surface area contributed by atoms with Crippen molar-refractivity contribution in [3.63, 3.8) is 0 Å². The third-order valence-electron chi connectivity index (χ3n) is 6.04. The normalized spacial score (nSPS) is 23.7. The van der Waals surface area contributed by atoms with Crippen molar-refractivity contribution in [2.24, 2.45) is 11.7 Å². The highest BCUT2D eigenvalue weighted by Gasteiger charge is 2.43. The molecule has 8 nitrogen and oxygen atoms in total.